The highest BCUT2D eigenvalue weighted by Gasteiger charge is 2.31. The summed E-state index contributed by atoms with van der Waals surface area (Å²) in [6, 6.07) is 16.2. The molecule has 8 heteroatoms. The first-order valence-corrected chi connectivity index (χ1v) is 11.6. The van der Waals surface area contributed by atoms with Crippen LogP contribution in [0, 0.1) is 0 Å². The number of carbonyl (C=O) groups is 2. The van der Waals surface area contributed by atoms with E-state index in [9.17, 15) is 9.59 Å². The zero-order chi connectivity index (χ0) is 19.8. The highest BCUT2D eigenvalue weighted by Crippen LogP contribution is 2.29. The number of fused-ring (bicyclic) bond motifs is 1. The SMILES string of the molecule is O=C1NC(=O)C(Cc2ccc3sc(Cc4csc(-c5ccccc5)n4)nc3c2)S1. The average molecular weight is 438 g/mol. The number of hydrogen-bond donors (Lipinski definition) is 1. The van der Waals surface area contributed by atoms with Gasteiger partial charge in [-0.3, -0.25) is 14.9 Å². The van der Waals surface area contributed by atoms with Gasteiger partial charge in [0.15, 0.2) is 0 Å². The molecule has 144 valence electrons. The van der Waals surface area contributed by atoms with Crippen molar-refractivity contribution in [2.45, 2.75) is 18.1 Å². The topological polar surface area (TPSA) is 72.0 Å². The Morgan fingerprint density at radius 2 is 1.90 bits per heavy atom. The van der Waals surface area contributed by atoms with Gasteiger partial charge >= 0.3 is 0 Å². The Kier molecular flexibility index (Phi) is 4.91. The molecule has 0 aliphatic carbocycles. The smallest absolute Gasteiger partial charge is 0.286 e. The number of imide groups is 1. The summed E-state index contributed by atoms with van der Waals surface area (Å²) >= 11 is 4.37. The van der Waals surface area contributed by atoms with Crippen molar-refractivity contribution in [1.29, 1.82) is 0 Å². The zero-order valence-corrected chi connectivity index (χ0v) is 17.6. The van der Waals surface area contributed by atoms with E-state index in [0.29, 0.717) is 12.8 Å². The third kappa shape index (κ3) is 3.96. The maximum absolute atomic E-state index is 11.8. The van der Waals surface area contributed by atoms with Gasteiger partial charge in [0.2, 0.25) is 5.91 Å². The summed E-state index contributed by atoms with van der Waals surface area (Å²) in [4.78, 5) is 32.7. The molecule has 0 spiro atoms. The van der Waals surface area contributed by atoms with Gasteiger partial charge in [0.1, 0.15) is 5.01 Å². The highest BCUT2D eigenvalue weighted by atomic mass is 32.2. The molecule has 1 aliphatic heterocycles. The minimum absolute atomic E-state index is 0.211. The van der Waals surface area contributed by atoms with E-state index in [0.717, 1.165) is 48.8 Å². The molecule has 0 bridgehead atoms. The summed E-state index contributed by atoms with van der Waals surface area (Å²) in [6.07, 6.45) is 1.23. The van der Waals surface area contributed by atoms with Crippen molar-refractivity contribution in [2.75, 3.05) is 0 Å². The van der Waals surface area contributed by atoms with E-state index in [4.69, 9.17) is 9.97 Å². The van der Waals surface area contributed by atoms with Crippen LogP contribution in [0.25, 0.3) is 20.8 Å². The normalized spacial score (nSPS) is 16.5. The van der Waals surface area contributed by atoms with Gasteiger partial charge in [-0.2, -0.15) is 0 Å². The summed E-state index contributed by atoms with van der Waals surface area (Å²) in [5.41, 5.74) is 4.09. The second-order valence-electron chi connectivity index (χ2n) is 6.68. The maximum atomic E-state index is 11.8. The fraction of sp³-hybridized carbons (Fsp3) is 0.143. The quantitative estimate of drug-likeness (QED) is 0.481. The molecule has 4 aromatic rings. The summed E-state index contributed by atoms with van der Waals surface area (Å²) in [6.45, 7) is 0. The summed E-state index contributed by atoms with van der Waals surface area (Å²) in [5.74, 6) is -0.211. The Balaban J connectivity index is 1.33. The van der Waals surface area contributed by atoms with Gasteiger partial charge in [0, 0.05) is 17.4 Å². The number of nitrogens with zero attached hydrogens (tertiary/aromatic N) is 2. The standard InChI is InChI=1S/C21H15N3O2S3/c25-19-17(29-21(26)24-19)9-12-6-7-16-15(8-12)23-18(28-16)10-14-11-27-20(22-14)13-4-2-1-3-5-13/h1-8,11,17H,9-10H2,(H,24,25,26). The summed E-state index contributed by atoms with van der Waals surface area (Å²) in [5, 5.41) is 5.84. The molecule has 2 amide bonds. The predicted molar refractivity (Wildman–Crippen MR) is 119 cm³/mol. The molecule has 1 unspecified atom stereocenters. The Hall–Kier alpha value is -2.55. The van der Waals surface area contributed by atoms with Gasteiger partial charge < -0.3 is 0 Å². The van der Waals surface area contributed by atoms with Crippen LogP contribution >= 0.6 is 34.4 Å². The third-order valence-electron chi connectivity index (χ3n) is 4.59. The van der Waals surface area contributed by atoms with E-state index in [1.807, 2.05) is 36.4 Å². The number of thiazole rings is 2. The fourth-order valence-electron chi connectivity index (χ4n) is 3.22. The number of nitrogens with one attached hydrogen (secondary N) is 1. The zero-order valence-electron chi connectivity index (χ0n) is 15.1. The van der Waals surface area contributed by atoms with Crippen molar-refractivity contribution in [2.24, 2.45) is 0 Å². The Morgan fingerprint density at radius 1 is 1.03 bits per heavy atom. The lowest BCUT2D eigenvalue weighted by molar-refractivity contribution is -0.118. The van der Waals surface area contributed by atoms with E-state index in [-0.39, 0.29) is 16.4 Å². The van der Waals surface area contributed by atoms with Gasteiger partial charge in [-0.1, -0.05) is 48.2 Å². The van der Waals surface area contributed by atoms with Gasteiger partial charge in [-0.15, -0.1) is 22.7 Å². The predicted octanol–water partition coefficient (Wildman–Crippen LogP) is 4.90. The van der Waals surface area contributed by atoms with Crippen molar-refractivity contribution in [3.8, 4) is 10.6 Å². The summed E-state index contributed by atoms with van der Waals surface area (Å²) in [7, 11) is 0. The van der Waals surface area contributed by atoms with Crippen LogP contribution in [0.3, 0.4) is 0 Å². The van der Waals surface area contributed by atoms with Crippen LogP contribution in [0.1, 0.15) is 16.3 Å². The minimum atomic E-state index is -0.357. The van der Waals surface area contributed by atoms with Crippen molar-refractivity contribution >= 4 is 55.8 Å². The largest absolute Gasteiger partial charge is 0.286 e. The van der Waals surface area contributed by atoms with Crippen LogP contribution in [0.15, 0.2) is 53.9 Å². The number of amides is 2. The lowest BCUT2D eigenvalue weighted by Gasteiger charge is -2.04. The number of rotatable bonds is 5. The van der Waals surface area contributed by atoms with Crippen LogP contribution in [-0.4, -0.2) is 26.4 Å². The van der Waals surface area contributed by atoms with Crippen LogP contribution in [0.4, 0.5) is 4.79 Å². The van der Waals surface area contributed by atoms with Crippen molar-refractivity contribution < 1.29 is 9.59 Å². The first kappa shape index (κ1) is 18.5. The molecule has 1 N–H and O–H groups in total. The van der Waals surface area contributed by atoms with Crippen molar-refractivity contribution in [1.82, 2.24) is 15.3 Å². The first-order valence-electron chi connectivity index (χ1n) is 9.04. The van der Waals surface area contributed by atoms with Crippen LogP contribution < -0.4 is 5.32 Å². The molecule has 0 saturated carbocycles. The molecule has 5 rings (SSSR count). The molecule has 1 fully saturated rings. The van der Waals surface area contributed by atoms with Crippen molar-refractivity contribution in [3.05, 3.63) is 70.2 Å². The molecule has 0 radical (unpaired) electrons. The Bertz CT molecular complexity index is 1220. The molecule has 2 aromatic heterocycles. The van der Waals surface area contributed by atoms with Crippen LogP contribution in [0.2, 0.25) is 0 Å². The Morgan fingerprint density at radius 3 is 2.69 bits per heavy atom. The van der Waals surface area contributed by atoms with Gasteiger partial charge in [0.25, 0.3) is 5.24 Å². The minimum Gasteiger partial charge on any atom is -0.286 e. The lowest BCUT2D eigenvalue weighted by atomic mass is 10.1. The molecule has 1 aliphatic rings. The number of carbonyl (C=O) groups excluding carboxylic acids is 2. The number of benzene rings is 2. The van der Waals surface area contributed by atoms with E-state index in [2.05, 4.69) is 22.8 Å². The fourth-order valence-corrected chi connectivity index (χ4v) is 5.87. The average Bonchev–Trinajstić information content (AvgIpc) is 3.41. The Labute approximate surface area is 179 Å². The first-order chi connectivity index (χ1) is 14.1. The van der Waals surface area contributed by atoms with E-state index < -0.39 is 0 Å². The number of aromatic nitrogens is 2. The molecule has 5 nitrogen and oxygen atoms in total. The number of hydrogen-bond acceptors (Lipinski definition) is 7. The lowest BCUT2D eigenvalue weighted by Crippen LogP contribution is -2.25. The van der Waals surface area contributed by atoms with Crippen LogP contribution in [-0.2, 0) is 17.6 Å². The third-order valence-corrected chi connectivity index (χ3v) is 7.55. The molecule has 1 saturated heterocycles. The van der Waals surface area contributed by atoms with Crippen LogP contribution in [0.5, 0.6) is 0 Å². The maximum Gasteiger partial charge on any atom is 0.286 e. The summed E-state index contributed by atoms with van der Waals surface area (Å²) < 4.78 is 1.11. The van der Waals surface area contributed by atoms with Gasteiger partial charge in [0.05, 0.1) is 26.2 Å². The molecular weight excluding hydrogens is 422 g/mol. The molecule has 1 atom stereocenters. The van der Waals surface area contributed by atoms with Gasteiger partial charge in [-0.05, 0) is 24.1 Å². The van der Waals surface area contributed by atoms with E-state index >= 15 is 0 Å². The van der Waals surface area contributed by atoms with Crippen molar-refractivity contribution in [3.63, 3.8) is 0 Å². The molecular formula is C21H15N3O2S3. The highest BCUT2D eigenvalue weighted by molar-refractivity contribution is 8.15. The monoisotopic (exact) mass is 437 g/mol. The molecule has 3 heterocycles. The van der Waals surface area contributed by atoms with Gasteiger partial charge in [-0.25, -0.2) is 9.97 Å². The second kappa shape index (κ2) is 7.70. The molecule has 29 heavy (non-hydrogen) atoms. The number of thioether (sulfide) groups is 1. The molecule has 2 aromatic carbocycles. The second-order valence-corrected chi connectivity index (χ2v) is 9.83. The van der Waals surface area contributed by atoms with E-state index in [1.54, 1.807) is 22.7 Å². The van der Waals surface area contributed by atoms with E-state index in [1.165, 1.54) is 0 Å².